The fourth-order valence-electron chi connectivity index (χ4n) is 4.42. The molecule has 0 aliphatic rings. The molecule has 0 fully saturated rings. The molecule has 3 aromatic heterocycles. The third kappa shape index (κ3) is 6.90. The van der Waals surface area contributed by atoms with Gasteiger partial charge in [-0.25, -0.2) is 14.5 Å². The Hall–Kier alpha value is -4.28. The Bertz CT molecular complexity index is 1620. The van der Waals surface area contributed by atoms with Gasteiger partial charge in [-0.05, 0) is 35.7 Å². The number of nitrogens with zero attached hydrogens (tertiary/aromatic N) is 5. The molecule has 0 bridgehead atoms. The van der Waals surface area contributed by atoms with Crippen LogP contribution in [0.15, 0.2) is 79.3 Å². The molecule has 0 amide bonds. The van der Waals surface area contributed by atoms with Crippen LogP contribution < -0.4 is 4.74 Å². The third-order valence-electron chi connectivity index (χ3n) is 6.58. The van der Waals surface area contributed by atoms with Crippen molar-refractivity contribution in [2.45, 2.75) is 39.2 Å². The maximum absolute atomic E-state index is 12.2. The van der Waals surface area contributed by atoms with Crippen LogP contribution in [0.2, 0.25) is 25.7 Å². The molecule has 9 nitrogen and oxygen atoms in total. The van der Waals surface area contributed by atoms with E-state index in [1.807, 2.05) is 36.5 Å². The molecule has 0 unspecified atom stereocenters. The molecule has 0 saturated heterocycles. The minimum absolute atomic E-state index is 0.0645. The maximum atomic E-state index is 12.2. The van der Waals surface area contributed by atoms with Gasteiger partial charge in [-0.15, -0.1) is 0 Å². The van der Waals surface area contributed by atoms with E-state index in [1.54, 1.807) is 13.1 Å². The van der Waals surface area contributed by atoms with E-state index in [2.05, 4.69) is 59.6 Å². The van der Waals surface area contributed by atoms with E-state index in [-0.39, 0.29) is 19.3 Å². The first-order valence-corrected chi connectivity index (χ1v) is 17.5. The fourth-order valence-corrected chi connectivity index (χ4v) is 5.18. The lowest BCUT2D eigenvalue weighted by atomic mass is 10.00. The van der Waals surface area contributed by atoms with Crippen molar-refractivity contribution in [3.63, 3.8) is 0 Å². The molecular weight excluding hydrogens is 534 g/mol. The summed E-state index contributed by atoms with van der Waals surface area (Å²) in [4.78, 5) is 21.7. The molecule has 5 aromatic rings. The van der Waals surface area contributed by atoms with Crippen molar-refractivity contribution in [2.75, 3.05) is 20.0 Å². The van der Waals surface area contributed by atoms with Crippen molar-refractivity contribution in [3.05, 3.63) is 90.4 Å². The number of hydrogen-bond donors (Lipinski definition) is 0. The molecular formula is C31H35N5O4Si. The van der Waals surface area contributed by atoms with Gasteiger partial charge in [-0.2, -0.15) is 10.1 Å². The van der Waals surface area contributed by atoms with Gasteiger partial charge in [-0.1, -0.05) is 74.2 Å². The SMILES string of the molecule is CCOC(=O)c1cnn(-c2nc(OCOCC[Si](C)(C)C)c3c(ccn3Cc3ccccc3-c3ccccc3)n2)c1. The number of fused-ring (bicyclic) bond motifs is 1. The summed E-state index contributed by atoms with van der Waals surface area (Å²) in [5, 5.41) is 4.30. The molecule has 0 spiro atoms. The van der Waals surface area contributed by atoms with Crippen molar-refractivity contribution in [1.82, 2.24) is 24.3 Å². The van der Waals surface area contributed by atoms with Crippen LogP contribution in [0.3, 0.4) is 0 Å². The highest BCUT2D eigenvalue weighted by Crippen LogP contribution is 2.29. The summed E-state index contributed by atoms with van der Waals surface area (Å²) < 4.78 is 20.6. The summed E-state index contributed by atoms with van der Waals surface area (Å²) in [6, 6.07) is 21.7. The lowest BCUT2D eigenvalue weighted by molar-refractivity contribution is 0.0200. The summed E-state index contributed by atoms with van der Waals surface area (Å²) in [6.07, 6.45) is 4.98. The van der Waals surface area contributed by atoms with Crippen molar-refractivity contribution in [3.8, 4) is 23.0 Å². The van der Waals surface area contributed by atoms with Crippen molar-refractivity contribution >= 4 is 25.1 Å². The largest absolute Gasteiger partial charge is 0.462 e. The molecule has 0 radical (unpaired) electrons. The highest BCUT2D eigenvalue weighted by Gasteiger charge is 2.19. The molecule has 2 aromatic carbocycles. The zero-order valence-electron chi connectivity index (χ0n) is 23.9. The van der Waals surface area contributed by atoms with Crippen molar-refractivity contribution in [1.29, 1.82) is 0 Å². The van der Waals surface area contributed by atoms with Crippen LogP contribution in [-0.4, -0.2) is 58.4 Å². The van der Waals surface area contributed by atoms with Crippen LogP contribution >= 0.6 is 0 Å². The van der Waals surface area contributed by atoms with Gasteiger partial charge < -0.3 is 18.8 Å². The highest BCUT2D eigenvalue weighted by molar-refractivity contribution is 6.76. The standard InChI is InChI=1S/C31H35N5O4Si/c1-5-39-30(37)25-19-32-36(21-25)31-33-27-15-16-35(28(27)29(34-31)40-22-38-17-18-41(2,3)4)20-24-13-9-10-14-26(24)23-11-7-6-8-12-23/h6-16,19,21H,5,17-18,20,22H2,1-4H3. The predicted molar refractivity (Wildman–Crippen MR) is 161 cm³/mol. The monoisotopic (exact) mass is 569 g/mol. The molecule has 0 aliphatic heterocycles. The Labute approximate surface area is 240 Å². The highest BCUT2D eigenvalue weighted by atomic mass is 28.3. The number of aromatic nitrogens is 5. The van der Waals surface area contributed by atoms with E-state index in [4.69, 9.17) is 24.2 Å². The topological polar surface area (TPSA) is 93.3 Å². The number of rotatable bonds is 12. The normalized spacial score (nSPS) is 11.6. The minimum Gasteiger partial charge on any atom is -0.462 e. The van der Waals surface area contributed by atoms with Crippen molar-refractivity contribution < 1.29 is 19.0 Å². The molecule has 0 atom stereocenters. The number of carbonyl (C=O) groups excluding carboxylic acids is 1. The van der Waals surface area contributed by atoms with Crippen LogP contribution in [0.4, 0.5) is 0 Å². The second kappa shape index (κ2) is 12.5. The molecule has 212 valence electrons. The first-order valence-electron chi connectivity index (χ1n) is 13.8. The van der Waals surface area contributed by atoms with Gasteiger partial charge in [0.25, 0.3) is 5.95 Å². The van der Waals surface area contributed by atoms with E-state index in [0.29, 0.717) is 30.1 Å². The summed E-state index contributed by atoms with van der Waals surface area (Å²) in [5.41, 5.74) is 5.24. The number of esters is 1. The Morgan fingerprint density at radius 3 is 2.54 bits per heavy atom. The number of carbonyl (C=O) groups is 1. The first kappa shape index (κ1) is 28.3. The van der Waals surface area contributed by atoms with Crippen LogP contribution in [0, 0.1) is 0 Å². The van der Waals surface area contributed by atoms with E-state index in [1.165, 1.54) is 10.9 Å². The van der Waals surface area contributed by atoms with Gasteiger partial charge in [-0.3, -0.25) is 0 Å². The summed E-state index contributed by atoms with van der Waals surface area (Å²) in [7, 11) is -1.23. The Balaban J connectivity index is 1.49. The predicted octanol–water partition coefficient (Wildman–Crippen LogP) is 6.20. The van der Waals surface area contributed by atoms with Crippen LogP contribution in [-0.2, 0) is 16.0 Å². The van der Waals surface area contributed by atoms with Crippen molar-refractivity contribution in [2.24, 2.45) is 0 Å². The van der Waals surface area contributed by atoms with Crippen LogP contribution in [0.25, 0.3) is 28.1 Å². The average molecular weight is 570 g/mol. The zero-order chi connectivity index (χ0) is 28.8. The number of benzene rings is 2. The van der Waals surface area contributed by atoms with E-state index in [9.17, 15) is 4.79 Å². The third-order valence-corrected chi connectivity index (χ3v) is 8.29. The lowest BCUT2D eigenvalue weighted by Crippen LogP contribution is -2.22. The Kier molecular flexibility index (Phi) is 8.60. The smallest absolute Gasteiger partial charge is 0.341 e. The summed E-state index contributed by atoms with van der Waals surface area (Å²) >= 11 is 0. The Morgan fingerprint density at radius 2 is 1.76 bits per heavy atom. The molecule has 0 N–H and O–H groups in total. The zero-order valence-corrected chi connectivity index (χ0v) is 24.9. The van der Waals surface area contributed by atoms with E-state index >= 15 is 0 Å². The molecule has 10 heteroatoms. The van der Waals surface area contributed by atoms with Gasteiger partial charge in [0.15, 0.2) is 6.79 Å². The van der Waals surface area contributed by atoms with Crippen LogP contribution in [0.1, 0.15) is 22.8 Å². The summed E-state index contributed by atoms with van der Waals surface area (Å²) in [6.45, 7) is 10.3. The van der Waals surface area contributed by atoms with Gasteiger partial charge in [0.1, 0.15) is 5.52 Å². The van der Waals surface area contributed by atoms with Gasteiger partial charge in [0.2, 0.25) is 5.88 Å². The lowest BCUT2D eigenvalue weighted by Gasteiger charge is -2.16. The number of hydrogen-bond acceptors (Lipinski definition) is 7. The maximum Gasteiger partial charge on any atom is 0.341 e. The minimum atomic E-state index is -1.23. The van der Waals surface area contributed by atoms with Crippen LogP contribution in [0.5, 0.6) is 5.88 Å². The Morgan fingerprint density at radius 1 is 0.976 bits per heavy atom. The van der Waals surface area contributed by atoms with Gasteiger partial charge in [0, 0.05) is 33.6 Å². The second-order valence-corrected chi connectivity index (χ2v) is 16.5. The fraction of sp³-hybridized carbons (Fsp3) is 0.290. The first-order chi connectivity index (χ1) is 19.8. The average Bonchev–Trinajstić information content (AvgIpc) is 3.61. The molecule has 5 rings (SSSR count). The van der Waals surface area contributed by atoms with Gasteiger partial charge >= 0.3 is 5.97 Å². The second-order valence-electron chi connectivity index (χ2n) is 10.9. The molecule has 0 saturated carbocycles. The molecule has 41 heavy (non-hydrogen) atoms. The summed E-state index contributed by atoms with van der Waals surface area (Å²) in [5.74, 6) is 0.219. The quantitative estimate of drug-likeness (QED) is 0.0764. The van der Waals surface area contributed by atoms with E-state index in [0.717, 1.165) is 28.3 Å². The number of ether oxygens (including phenoxy) is 3. The van der Waals surface area contributed by atoms with E-state index < -0.39 is 14.0 Å². The van der Waals surface area contributed by atoms with Gasteiger partial charge in [0.05, 0.1) is 23.9 Å². The molecule has 0 aliphatic carbocycles. The molecule has 3 heterocycles.